The summed E-state index contributed by atoms with van der Waals surface area (Å²) in [5.74, 6) is -11.3. The van der Waals surface area contributed by atoms with Crippen LogP contribution >= 0.6 is 0 Å². The summed E-state index contributed by atoms with van der Waals surface area (Å²) in [4.78, 5) is 154. The van der Waals surface area contributed by atoms with E-state index in [0.717, 1.165) is 0 Å². The third kappa shape index (κ3) is 30.6. The molecule has 0 saturated heterocycles. The van der Waals surface area contributed by atoms with Crippen molar-refractivity contribution in [3.8, 4) is 11.5 Å². The minimum Gasteiger partial charge on any atom is -0.508 e. The highest BCUT2D eigenvalue weighted by Gasteiger charge is 2.33. The van der Waals surface area contributed by atoms with Crippen LogP contribution in [-0.4, -0.2) is 192 Å². The Hall–Kier alpha value is -9.41. The van der Waals surface area contributed by atoms with Crippen LogP contribution in [0.2, 0.25) is 0 Å². The van der Waals surface area contributed by atoms with Crippen LogP contribution in [0.5, 0.6) is 11.5 Å². The van der Waals surface area contributed by atoms with Gasteiger partial charge in [-0.2, -0.15) is 0 Å². The van der Waals surface area contributed by atoms with Crippen molar-refractivity contribution in [1.29, 1.82) is 0 Å². The summed E-state index contributed by atoms with van der Waals surface area (Å²) in [5, 5.41) is 61.8. The number of aliphatic imine (C=N–C) groups is 2. The van der Waals surface area contributed by atoms with Gasteiger partial charge in [-0.25, -0.2) is 4.79 Å². The fraction of sp³-hybridized carbons (Fsp3) is 0.537. The molecular formula is C54H87N19O15. The number of carboxylic acids is 1. The molecule has 0 radical (unpaired) electrons. The number of aliphatic hydroxyl groups excluding tert-OH is 1. The molecule has 29 N–H and O–H groups in total. The van der Waals surface area contributed by atoms with E-state index in [1.807, 2.05) is 0 Å². The predicted octanol–water partition coefficient (Wildman–Crippen LogP) is -7.46. The molecule has 0 aliphatic carbocycles. The molecule has 34 heteroatoms. The lowest BCUT2D eigenvalue weighted by atomic mass is 10.0. The Bertz CT molecular complexity index is 2680. The maximum atomic E-state index is 14.2. The molecule has 0 bridgehead atoms. The number of nitrogens with zero attached hydrogens (tertiary/aromatic N) is 2. The Kier molecular flexibility index (Phi) is 34.6. The number of aliphatic carboxylic acids is 1. The number of carbonyl (C=O) groups excluding carboxylic acids is 10. The van der Waals surface area contributed by atoms with Crippen molar-refractivity contribution in [2.45, 2.75) is 138 Å². The summed E-state index contributed by atoms with van der Waals surface area (Å²) in [6.07, 6.45) is 0.615. The third-order valence-corrected chi connectivity index (χ3v) is 13.1. The van der Waals surface area contributed by atoms with Gasteiger partial charge >= 0.3 is 5.97 Å². The molecule has 2 aromatic carbocycles. The molecule has 2 aromatic rings. The van der Waals surface area contributed by atoms with Gasteiger partial charge in [0.2, 0.25) is 59.1 Å². The molecule has 88 heavy (non-hydrogen) atoms. The van der Waals surface area contributed by atoms with Crippen molar-refractivity contribution in [1.82, 2.24) is 47.9 Å². The fourth-order valence-electron chi connectivity index (χ4n) is 8.28. The van der Waals surface area contributed by atoms with Crippen LogP contribution < -0.4 is 93.7 Å². The first-order chi connectivity index (χ1) is 41.8. The van der Waals surface area contributed by atoms with Crippen molar-refractivity contribution < 1.29 is 73.2 Å². The van der Waals surface area contributed by atoms with Crippen LogP contribution in [0.3, 0.4) is 0 Å². The van der Waals surface area contributed by atoms with Crippen molar-refractivity contribution in [3.63, 3.8) is 0 Å². The first kappa shape index (κ1) is 74.7. The minimum atomic E-state index is -1.70. The number of rotatable bonds is 43. The summed E-state index contributed by atoms with van der Waals surface area (Å²) in [7, 11) is 0. The number of carboxylic acid groups (broad SMARTS) is 1. The Morgan fingerprint density at radius 3 is 1.24 bits per heavy atom. The molecule has 488 valence electrons. The normalized spacial score (nSPS) is 13.5. The van der Waals surface area contributed by atoms with Gasteiger partial charge in [-0.3, -0.25) is 57.9 Å². The van der Waals surface area contributed by atoms with Gasteiger partial charge < -0.3 is 114 Å². The number of guanidine groups is 2. The Balaban J connectivity index is 2.36. The number of nitrogens with one attached hydrogen (secondary N) is 9. The largest absolute Gasteiger partial charge is 0.508 e. The number of primary amides is 1. The van der Waals surface area contributed by atoms with Gasteiger partial charge in [-0.05, 0) is 119 Å². The number of unbranched alkanes of at least 4 members (excludes halogenated alkanes) is 2. The maximum Gasteiger partial charge on any atom is 0.326 e. The average molecular weight is 1240 g/mol. The zero-order valence-corrected chi connectivity index (χ0v) is 48.9. The molecule has 0 spiro atoms. The molecule has 0 aliphatic rings. The molecule has 34 nitrogen and oxygen atoms in total. The van der Waals surface area contributed by atoms with Crippen LogP contribution in [0.15, 0.2) is 58.5 Å². The average Bonchev–Trinajstić information content (AvgIpc) is 3.52. The number of hydrogen-bond donors (Lipinski definition) is 21. The van der Waals surface area contributed by atoms with Gasteiger partial charge in [0, 0.05) is 32.4 Å². The van der Waals surface area contributed by atoms with Crippen molar-refractivity contribution in [2.24, 2.45) is 55.9 Å². The van der Waals surface area contributed by atoms with E-state index >= 15 is 0 Å². The van der Waals surface area contributed by atoms with Crippen molar-refractivity contribution >= 4 is 77.0 Å². The van der Waals surface area contributed by atoms with Gasteiger partial charge in [0.05, 0.1) is 25.7 Å². The van der Waals surface area contributed by atoms with Gasteiger partial charge in [0.1, 0.15) is 53.8 Å². The quantitative estimate of drug-likeness (QED) is 0.0167. The lowest BCUT2D eigenvalue weighted by Crippen LogP contribution is -2.59. The van der Waals surface area contributed by atoms with Crippen molar-refractivity contribution in [3.05, 3.63) is 59.7 Å². The SMILES string of the molecule is NCCCC[C@H](NC(=O)CNC(=O)[C@H](Cc1ccc(O)cc1)NC(=O)[C@H](CO)NC(=O)[C@H](CCCCN)NC(=O)[C@@H](N)CCCN=C(N)N)C(=O)N[C@@H](Cc1ccc(O)cc1)C(=O)N[C@@H](CCC(N)=O)C(=O)NCC(=O)N[C@@H](CCCN=C(N)N)C(=O)O. The summed E-state index contributed by atoms with van der Waals surface area (Å²) < 4.78 is 0. The Morgan fingerprint density at radius 1 is 0.432 bits per heavy atom. The van der Waals surface area contributed by atoms with E-state index in [0.29, 0.717) is 36.8 Å². The summed E-state index contributed by atoms with van der Waals surface area (Å²) >= 11 is 0. The monoisotopic (exact) mass is 1240 g/mol. The smallest absolute Gasteiger partial charge is 0.326 e. The zero-order chi connectivity index (χ0) is 65.7. The van der Waals surface area contributed by atoms with Crippen LogP contribution in [0, 0.1) is 0 Å². The second kappa shape index (κ2) is 40.8. The zero-order valence-electron chi connectivity index (χ0n) is 48.9. The predicted molar refractivity (Wildman–Crippen MR) is 320 cm³/mol. The van der Waals surface area contributed by atoms with Gasteiger partial charge in [0.15, 0.2) is 11.9 Å². The number of phenols is 2. The van der Waals surface area contributed by atoms with E-state index in [-0.39, 0.29) is 101 Å². The topological polar surface area (TPSA) is 610 Å². The van der Waals surface area contributed by atoms with Crippen LogP contribution in [0.1, 0.15) is 88.2 Å². The number of nitrogens with two attached hydrogens (primary N) is 8. The van der Waals surface area contributed by atoms with Gasteiger partial charge in [-0.1, -0.05) is 24.3 Å². The molecule has 0 aliphatic heterocycles. The van der Waals surface area contributed by atoms with Gasteiger partial charge in [-0.15, -0.1) is 0 Å². The molecule has 0 unspecified atom stereocenters. The maximum absolute atomic E-state index is 14.2. The number of amides is 10. The standard InChI is InChI=1S/C54H87N19O15/c55-21-3-1-8-35(48(83)72-40(26-31-13-17-33(76)18-14-31)50(85)70-37(19-20-42(58)77)46(81)65-28-44(79)68-38(52(87)88)10-6-24-64-54(61)62)67-43(78)27-66-47(82)39(25-30-11-15-32(75)16-12-30)71-51(86)41(29-74)73-49(84)36(9-2-4-22-56)69-45(80)34(57)7-5-23-63-53(59)60/h11-18,34-41,74-76H,1-10,19-29,55-57H2,(H2,58,77)(H,65,81)(H,66,82)(H,67,78)(H,68,79)(H,69,80)(H,70,85)(H,71,86)(H,72,83)(H,73,84)(H,87,88)(H4,59,60,63)(H4,61,62,64)/t34-,35-,36-,37-,38-,39-,40-,41-/m0/s1. The molecule has 0 saturated carbocycles. The number of benzene rings is 2. The lowest BCUT2D eigenvalue weighted by molar-refractivity contribution is -0.142. The van der Waals surface area contributed by atoms with E-state index in [2.05, 4.69) is 57.8 Å². The van der Waals surface area contributed by atoms with Crippen molar-refractivity contribution in [2.75, 3.05) is 45.9 Å². The first-order valence-electron chi connectivity index (χ1n) is 28.4. The van der Waals surface area contributed by atoms with Crippen LogP contribution in [0.25, 0.3) is 0 Å². The first-order valence-corrected chi connectivity index (χ1v) is 28.4. The lowest BCUT2D eigenvalue weighted by Gasteiger charge is -2.26. The Labute approximate surface area is 507 Å². The molecular weight excluding hydrogens is 1150 g/mol. The molecule has 0 aromatic heterocycles. The molecule has 0 heterocycles. The van der Waals surface area contributed by atoms with E-state index in [4.69, 9.17) is 45.9 Å². The van der Waals surface area contributed by atoms with Gasteiger partial charge in [0.25, 0.3) is 0 Å². The summed E-state index contributed by atoms with van der Waals surface area (Å²) in [6.45, 7) is -1.86. The number of aromatic hydroxyl groups is 2. The third-order valence-electron chi connectivity index (χ3n) is 13.1. The highest BCUT2D eigenvalue weighted by Crippen LogP contribution is 2.15. The molecule has 0 fully saturated rings. The number of hydrogen-bond acceptors (Lipinski definition) is 19. The minimum absolute atomic E-state index is 0.0618. The second-order valence-corrected chi connectivity index (χ2v) is 20.3. The Morgan fingerprint density at radius 2 is 0.795 bits per heavy atom. The number of aliphatic hydroxyl groups is 1. The van der Waals surface area contributed by atoms with Crippen LogP contribution in [0.4, 0.5) is 0 Å². The highest BCUT2D eigenvalue weighted by atomic mass is 16.4. The van der Waals surface area contributed by atoms with Crippen LogP contribution in [-0.2, 0) is 65.6 Å². The molecule has 10 amide bonds. The van der Waals surface area contributed by atoms with E-state index in [1.54, 1.807) is 0 Å². The van der Waals surface area contributed by atoms with E-state index in [9.17, 15) is 73.2 Å². The fourth-order valence-corrected chi connectivity index (χ4v) is 8.28. The molecule has 2 rings (SSSR count). The number of phenolic OH excluding ortho intramolecular Hbond substituents is 2. The second-order valence-electron chi connectivity index (χ2n) is 20.3. The molecule has 8 atom stereocenters. The summed E-state index contributed by atoms with van der Waals surface area (Å²) in [5.41, 5.74) is 44.9. The van der Waals surface area contributed by atoms with E-state index < -0.39 is 146 Å². The summed E-state index contributed by atoms with van der Waals surface area (Å²) in [6, 6.07) is -0.478. The number of carbonyl (C=O) groups is 11. The highest BCUT2D eigenvalue weighted by molar-refractivity contribution is 5.98. The van der Waals surface area contributed by atoms with E-state index in [1.165, 1.54) is 48.5 Å².